The highest BCUT2D eigenvalue weighted by molar-refractivity contribution is 6.32. The van der Waals surface area contributed by atoms with Crippen LogP contribution in [0.3, 0.4) is 0 Å². The van der Waals surface area contributed by atoms with Gasteiger partial charge in [0.15, 0.2) is 17.3 Å². The standard InChI is InChI=1S/C18H15ClN4O7/c1-28-14-6-3-10(7-15(14)29-2)17-21-30-18(25)22(17)9-16(24)20-11-4-5-12(19)13(8-11)23(26)27/h3-8H,9H2,1-2H3,(H,20,24). The third kappa shape index (κ3) is 4.25. The van der Waals surface area contributed by atoms with Gasteiger partial charge in [-0.1, -0.05) is 16.8 Å². The average Bonchev–Trinajstić information content (AvgIpc) is 3.08. The number of ether oxygens (including phenoxy) is 2. The molecular formula is C18H15ClN4O7. The predicted molar refractivity (Wildman–Crippen MR) is 106 cm³/mol. The van der Waals surface area contributed by atoms with Gasteiger partial charge in [0.05, 0.1) is 19.1 Å². The Labute approximate surface area is 173 Å². The van der Waals surface area contributed by atoms with E-state index in [0.29, 0.717) is 17.1 Å². The summed E-state index contributed by atoms with van der Waals surface area (Å²) in [6.45, 7) is -0.442. The summed E-state index contributed by atoms with van der Waals surface area (Å²) in [5, 5.41) is 17.1. The third-order valence-electron chi connectivity index (χ3n) is 4.06. The summed E-state index contributed by atoms with van der Waals surface area (Å²) in [5.41, 5.74) is 0.240. The van der Waals surface area contributed by atoms with Crippen LogP contribution in [-0.4, -0.2) is 34.8 Å². The Hall–Kier alpha value is -3.86. The lowest BCUT2D eigenvalue weighted by Crippen LogP contribution is -2.25. The molecule has 12 heteroatoms. The molecule has 0 spiro atoms. The van der Waals surface area contributed by atoms with Crippen LogP contribution in [0.1, 0.15) is 0 Å². The molecule has 1 aromatic heterocycles. The molecule has 0 atom stereocenters. The lowest BCUT2D eigenvalue weighted by molar-refractivity contribution is -0.384. The number of hydrogen-bond donors (Lipinski definition) is 1. The Morgan fingerprint density at radius 1 is 1.23 bits per heavy atom. The van der Waals surface area contributed by atoms with Crippen molar-refractivity contribution in [2.24, 2.45) is 0 Å². The van der Waals surface area contributed by atoms with Crippen LogP contribution in [0.25, 0.3) is 11.4 Å². The van der Waals surface area contributed by atoms with Crippen LogP contribution < -0.4 is 20.5 Å². The Kier molecular flexibility index (Phi) is 6.02. The highest BCUT2D eigenvalue weighted by Gasteiger charge is 2.19. The second kappa shape index (κ2) is 8.66. The normalized spacial score (nSPS) is 10.5. The van der Waals surface area contributed by atoms with E-state index in [1.165, 1.54) is 26.4 Å². The summed E-state index contributed by atoms with van der Waals surface area (Å²) in [7, 11) is 2.94. The van der Waals surface area contributed by atoms with E-state index in [1.54, 1.807) is 18.2 Å². The maximum absolute atomic E-state index is 12.4. The molecule has 0 bridgehead atoms. The van der Waals surface area contributed by atoms with Crippen LogP contribution in [0.5, 0.6) is 11.5 Å². The van der Waals surface area contributed by atoms with Crippen LogP contribution >= 0.6 is 11.6 Å². The van der Waals surface area contributed by atoms with Crippen molar-refractivity contribution in [3.63, 3.8) is 0 Å². The number of halogens is 1. The van der Waals surface area contributed by atoms with Gasteiger partial charge in [-0.05, 0) is 30.3 Å². The molecule has 156 valence electrons. The largest absolute Gasteiger partial charge is 0.493 e. The van der Waals surface area contributed by atoms with Gasteiger partial charge < -0.3 is 14.8 Å². The van der Waals surface area contributed by atoms with Crippen LogP contribution in [0.2, 0.25) is 5.02 Å². The van der Waals surface area contributed by atoms with E-state index in [9.17, 15) is 19.7 Å². The first-order valence-electron chi connectivity index (χ1n) is 8.36. The van der Waals surface area contributed by atoms with Gasteiger partial charge in [-0.25, -0.2) is 9.36 Å². The zero-order valence-electron chi connectivity index (χ0n) is 15.7. The number of rotatable bonds is 7. The lowest BCUT2D eigenvalue weighted by Gasteiger charge is -2.10. The lowest BCUT2D eigenvalue weighted by atomic mass is 10.2. The van der Waals surface area contributed by atoms with Gasteiger partial charge in [0.2, 0.25) is 5.91 Å². The molecular weight excluding hydrogens is 420 g/mol. The fourth-order valence-corrected chi connectivity index (χ4v) is 2.85. The van der Waals surface area contributed by atoms with Crippen LogP contribution in [0.15, 0.2) is 45.7 Å². The maximum atomic E-state index is 12.4. The van der Waals surface area contributed by atoms with Crippen molar-refractivity contribution in [1.29, 1.82) is 0 Å². The molecule has 0 aliphatic carbocycles. The molecule has 1 N–H and O–H groups in total. The average molecular weight is 435 g/mol. The molecule has 0 aliphatic rings. The molecule has 1 amide bonds. The number of carbonyl (C=O) groups excluding carboxylic acids is 1. The molecule has 0 radical (unpaired) electrons. The van der Waals surface area contributed by atoms with E-state index < -0.39 is 23.1 Å². The molecule has 30 heavy (non-hydrogen) atoms. The smallest absolute Gasteiger partial charge is 0.442 e. The van der Waals surface area contributed by atoms with Gasteiger partial charge in [-0.2, -0.15) is 0 Å². The van der Waals surface area contributed by atoms with Gasteiger partial charge >= 0.3 is 5.76 Å². The zero-order chi connectivity index (χ0) is 21.8. The number of hydrogen-bond acceptors (Lipinski definition) is 8. The van der Waals surface area contributed by atoms with E-state index in [4.69, 9.17) is 25.6 Å². The van der Waals surface area contributed by atoms with Gasteiger partial charge in [0.25, 0.3) is 5.69 Å². The first-order chi connectivity index (χ1) is 14.3. The zero-order valence-corrected chi connectivity index (χ0v) is 16.5. The first kappa shape index (κ1) is 20.9. The number of anilines is 1. The molecule has 1 heterocycles. The van der Waals surface area contributed by atoms with E-state index in [1.807, 2.05) is 0 Å². The van der Waals surface area contributed by atoms with Crippen LogP contribution in [-0.2, 0) is 11.3 Å². The van der Waals surface area contributed by atoms with Crippen molar-refractivity contribution in [3.05, 3.63) is 62.1 Å². The molecule has 3 aromatic rings. The van der Waals surface area contributed by atoms with E-state index >= 15 is 0 Å². The van der Waals surface area contributed by atoms with Crippen molar-refractivity contribution in [3.8, 4) is 22.9 Å². The van der Waals surface area contributed by atoms with E-state index in [0.717, 1.165) is 10.6 Å². The van der Waals surface area contributed by atoms with Gasteiger partial charge in [0.1, 0.15) is 11.6 Å². The quantitative estimate of drug-likeness (QED) is 0.442. The Balaban J connectivity index is 1.86. The molecule has 11 nitrogen and oxygen atoms in total. The monoisotopic (exact) mass is 434 g/mol. The fraction of sp³-hybridized carbons (Fsp3) is 0.167. The number of aromatic nitrogens is 2. The molecule has 0 unspecified atom stereocenters. The minimum Gasteiger partial charge on any atom is -0.493 e. The fourth-order valence-electron chi connectivity index (χ4n) is 2.67. The number of benzene rings is 2. The Bertz CT molecular complexity index is 1170. The topological polar surface area (TPSA) is 139 Å². The molecule has 0 aliphatic heterocycles. The predicted octanol–water partition coefficient (Wildman–Crippen LogP) is 2.72. The minimum atomic E-state index is -0.850. The Morgan fingerprint density at radius 2 is 1.97 bits per heavy atom. The molecule has 0 saturated carbocycles. The van der Waals surface area contributed by atoms with Crippen molar-refractivity contribution >= 4 is 28.9 Å². The number of nitrogens with zero attached hydrogens (tertiary/aromatic N) is 3. The van der Waals surface area contributed by atoms with Crippen molar-refractivity contribution in [1.82, 2.24) is 9.72 Å². The van der Waals surface area contributed by atoms with Crippen molar-refractivity contribution < 1.29 is 23.7 Å². The molecule has 0 saturated heterocycles. The second-order valence-electron chi connectivity index (χ2n) is 5.90. The third-order valence-corrected chi connectivity index (χ3v) is 4.38. The number of nitro benzene ring substituents is 1. The summed E-state index contributed by atoms with van der Waals surface area (Å²) in [6.07, 6.45) is 0. The highest BCUT2D eigenvalue weighted by atomic mass is 35.5. The van der Waals surface area contributed by atoms with Gasteiger partial charge in [-0.15, -0.1) is 0 Å². The Morgan fingerprint density at radius 3 is 2.63 bits per heavy atom. The maximum Gasteiger partial charge on any atom is 0.442 e. The SMILES string of the molecule is COc1ccc(-c2noc(=O)n2CC(=O)Nc2ccc(Cl)c([N+](=O)[O-])c2)cc1OC. The highest BCUT2D eigenvalue weighted by Crippen LogP contribution is 2.31. The van der Waals surface area contributed by atoms with E-state index in [2.05, 4.69) is 10.5 Å². The molecule has 0 fully saturated rings. The number of methoxy groups -OCH3 is 2. The van der Waals surface area contributed by atoms with Crippen LogP contribution in [0.4, 0.5) is 11.4 Å². The number of nitrogens with one attached hydrogen (secondary N) is 1. The first-order valence-corrected chi connectivity index (χ1v) is 8.74. The summed E-state index contributed by atoms with van der Waals surface area (Å²) >= 11 is 5.76. The number of nitro groups is 1. The molecule has 2 aromatic carbocycles. The number of amides is 1. The second-order valence-corrected chi connectivity index (χ2v) is 6.31. The molecule has 3 rings (SSSR count). The van der Waals surface area contributed by atoms with Gasteiger partial charge in [-0.3, -0.25) is 19.4 Å². The number of carbonyl (C=O) groups is 1. The summed E-state index contributed by atoms with van der Waals surface area (Å²) in [5.74, 6) is -0.510. The summed E-state index contributed by atoms with van der Waals surface area (Å²) in [6, 6.07) is 8.62. The van der Waals surface area contributed by atoms with E-state index in [-0.39, 0.29) is 22.2 Å². The minimum absolute atomic E-state index is 0.0657. The van der Waals surface area contributed by atoms with Crippen molar-refractivity contribution in [2.45, 2.75) is 6.54 Å². The van der Waals surface area contributed by atoms with Crippen LogP contribution in [0, 0.1) is 10.1 Å². The summed E-state index contributed by atoms with van der Waals surface area (Å²) in [4.78, 5) is 34.8. The van der Waals surface area contributed by atoms with Crippen molar-refractivity contribution in [2.75, 3.05) is 19.5 Å². The van der Waals surface area contributed by atoms with Gasteiger partial charge in [0, 0.05) is 17.3 Å². The summed E-state index contributed by atoms with van der Waals surface area (Å²) < 4.78 is 16.1.